The molecule has 4 heteroatoms. The second-order valence-electron chi connectivity index (χ2n) is 3.00. The molecule has 0 fully saturated rings. The highest BCUT2D eigenvalue weighted by atomic mass is 127. The van der Waals surface area contributed by atoms with Gasteiger partial charge in [-0.25, -0.2) is 0 Å². The maximum Gasteiger partial charge on any atom is 0.252 e. The van der Waals surface area contributed by atoms with E-state index in [1.54, 1.807) is 6.07 Å². The molecule has 0 aliphatic carbocycles. The molecule has 1 amide bonds. The highest BCUT2D eigenvalue weighted by Gasteiger charge is 2.07. The highest BCUT2D eigenvalue weighted by molar-refractivity contribution is 14.1. The number of amides is 1. The summed E-state index contributed by atoms with van der Waals surface area (Å²) in [7, 11) is 0. The number of unbranched alkanes of at least 4 members (excludes halogenated alkanes) is 1. The van der Waals surface area contributed by atoms with Crippen LogP contribution in [0.1, 0.15) is 23.2 Å². The SMILES string of the molecule is N#CCCCNC(=O)c1ccccc1I. The Hall–Kier alpha value is -1.09. The molecule has 0 unspecified atom stereocenters. The monoisotopic (exact) mass is 314 g/mol. The van der Waals surface area contributed by atoms with Crippen molar-refractivity contribution in [1.82, 2.24) is 5.32 Å². The minimum atomic E-state index is -0.0714. The van der Waals surface area contributed by atoms with E-state index < -0.39 is 0 Å². The summed E-state index contributed by atoms with van der Waals surface area (Å²) in [5, 5.41) is 11.1. The fourth-order valence-corrected chi connectivity index (χ4v) is 1.74. The first-order valence-electron chi connectivity index (χ1n) is 4.65. The number of nitriles is 1. The number of halogens is 1. The summed E-state index contributed by atoms with van der Waals surface area (Å²) < 4.78 is 0.938. The normalized spacial score (nSPS) is 9.33. The number of nitrogens with zero attached hydrogens (tertiary/aromatic N) is 1. The van der Waals surface area contributed by atoms with Crippen LogP contribution in [0.2, 0.25) is 0 Å². The lowest BCUT2D eigenvalue weighted by molar-refractivity contribution is 0.0952. The molecular formula is C11H11IN2O. The molecule has 3 nitrogen and oxygen atoms in total. The Balaban J connectivity index is 2.48. The van der Waals surface area contributed by atoms with Crippen LogP contribution >= 0.6 is 22.6 Å². The molecule has 0 aliphatic rings. The van der Waals surface area contributed by atoms with Crippen LogP contribution in [-0.2, 0) is 0 Å². The fourth-order valence-electron chi connectivity index (χ4n) is 1.11. The van der Waals surface area contributed by atoms with E-state index in [9.17, 15) is 4.79 Å². The Labute approximate surface area is 103 Å². The van der Waals surface area contributed by atoms with Gasteiger partial charge >= 0.3 is 0 Å². The summed E-state index contributed by atoms with van der Waals surface area (Å²) in [6.07, 6.45) is 1.18. The highest BCUT2D eigenvalue weighted by Crippen LogP contribution is 2.10. The molecule has 0 bridgehead atoms. The van der Waals surface area contributed by atoms with Crippen molar-refractivity contribution in [2.75, 3.05) is 6.54 Å². The first kappa shape index (κ1) is 12.0. The lowest BCUT2D eigenvalue weighted by Crippen LogP contribution is -2.25. The summed E-state index contributed by atoms with van der Waals surface area (Å²) in [5.74, 6) is -0.0714. The average molecular weight is 314 g/mol. The minimum Gasteiger partial charge on any atom is -0.352 e. The van der Waals surface area contributed by atoms with Crippen LogP contribution in [-0.4, -0.2) is 12.5 Å². The molecule has 0 atom stereocenters. The Bertz CT molecular complexity index is 384. The Morgan fingerprint density at radius 2 is 2.20 bits per heavy atom. The van der Waals surface area contributed by atoms with Crippen molar-refractivity contribution in [2.45, 2.75) is 12.8 Å². The summed E-state index contributed by atoms with van der Waals surface area (Å²) >= 11 is 2.13. The largest absolute Gasteiger partial charge is 0.352 e. The van der Waals surface area contributed by atoms with Crippen molar-refractivity contribution in [3.63, 3.8) is 0 Å². The molecule has 1 aromatic carbocycles. The van der Waals surface area contributed by atoms with E-state index in [0.29, 0.717) is 24.9 Å². The summed E-state index contributed by atoms with van der Waals surface area (Å²) in [6, 6.07) is 9.46. The Kier molecular flexibility index (Phi) is 5.12. The number of nitrogens with one attached hydrogen (secondary N) is 1. The Morgan fingerprint density at radius 1 is 1.47 bits per heavy atom. The van der Waals surface area contributed by atoms with Crippen LogP contribution in [0.3, 0.4) is 0 Å². The lowest BCUT2D eigenvalue weighted by Gasteiger charge is -2.05. The Morgan fingerprint density at radius 3 is 2.87 bits per heavy atom. The first-order valence-corrected chi connectivity index (χ1v) is 5.73. The summed E-state index contributed by atoms with van der Waals surface area (Å²) in [6.45, 7) is 0.553. The van der Waals surface area contributed by atoms with Gasteiger partial charge in [0.1, 0.15) is 0 Å². The molecule has 0 saturated heterocycles. The maximum atomic E-state index is 11.6. The van der Waals surface area contributed by atoms with Gasteiger partial charge in [-0.15, -0.1) is 0 Å². The summed E-state index contributed by atoms with van der Waals surface area (Å²) in [4.78, 5) is 11.6. The lowest BCUT2D eigenvalue weighted by atomic mass is 10.2. The molecule has 0 aromatic heterocycles. The minimum absolute atomic E-state index is 0.0714. The molecule has 0 aliphatic heterocycles. The summed E-state index contributed by atoms with van der Waals surface area (Å²) in [5.41, 5.74) is 0.690. The number of benzene rings is 1. The third kappa shape index (κ3) is 3.88. The molecule has 1 aromatic rings. The van der Waals surface area contributed by atoms with Crippen molar-refractivity contribution < 1.29 is 4.79 Å². The van der Waals surface area contributed by atoms with Gasteiger partial charge in [-0.3, -0.25) is 4.79 Å². The molecule has 0 heterocycles. The van der Waals surface area contributed by atoms with E-state index in [-0.39, 0.29) is 5.91 Å². The number of rotatable bonds is 4. The molecule has 15 heavy (non-hydrogen) atoms. The fraction of sp³-hybridized carbons (Fsp3) is 0.273. The van der Waals surface area contributed by atoms with E-state index in [4.69, 9.17) is 5.26 Å². The molecular weight excluding hydrogens is 303 g/mol. The smallest absolute Gasteiger partial charge is 0.252 e. The van der Waals surface area contributed by atoms with Crippen LogP contribution in [0.25, 0.3) is 0 Å². The zero-order chi connectivity index (χ0) is 11.1. The maximum absolute atomic E-state index is 11.6. The van der Waals surface area contributed by atoms with Crippen LogP contribution in [0.15, 0.2) is 24.3 Å². The second kappa shape index (κ2) is 6.40. The van der Waals surface area contributed by atoms with Gasteiger partial charge in [0.05, 0.1) is 11.6 Å². The third-order valence-electron chi connectivity index (χ3n) is 1.87. The number of hydrogen-bond donors (Lipinski definition) is 1. The second-order valence-corrected chi connectivity index (χ2v) is 4.16. The van der Waals surface area contributed by atoms with Gasteiger partial charge in [0, 0.05) is 16.5 Å². The van der Waals surface area contributed by atoms with Gasteiger partial charge in [0.2, 0.25) is 0 Å². The topological polar surface area (TPSA) is 52.9 Å². The van der Waals surface area contributed by atoms with Gasteiger partial charge in [0.15, 0.2) is 0 Å². The van der Waals surface area contributed by atoms with Crippen molar-refractivity contribution in [1.29, 1.82) is 5.26 Å². The van der Waals surface area contributed by atoms with Crippen LogP contribution < -0.4 is 5.32 Å². The molecule has 1 rings (SSSR count). The molecule has 1 N–H and O–H groups in total. The van der Waals surface area contributed by atoms with Crippen LogP contribution in [0.4, 0.5) is 0 Å². The van der Waals surface area contributed by atoms with Gasteiger partial charge < -0.3 is 5.32 Å². The van der Waals surface area contributed by atoms with Crippen molar-refractivity contribution in [3.8, 4) is 6.07 Å². The van der Waals surface area contributed by atoms with E-state index in [1.807, 2.05) is 24.3 Å². The third-order valence-corrected chi connectivity index (χ3v) is 2.81. The molecule has 78 valence electrons. The molecule has 0 spiro atoms. The van der Waals surface area contributed by atoms with Crippen LogP contribution in [0.5, 0.6) is 0 Å². The van der Waals surface area contributed by atoms with Gasteiger partial charge in [-0.2, -0.15) is 5.26 Å². The zero-order valence-corrected chi connectivity index (χ0v) is 10.3. The van der Waals surface area contributed by atoms with Gasteiger partial charge in [-0.1, -0.05) is 12.1 Å². The standard InChI is InChI=1S/C11H11IN2O/c12-10-6-2-1-5-9(10)11(15)14-8-4-3-7-13/h1-2,5-6H,3-4,8H2,(H,14,15). The predicted molar refractivity (Wildman–Crippen MR) is 66.3 cm³/mol. The van der Waals surface area contributed by atoms with E-state index >= 15 is 0 Å². The first-order chi connectivity index (χ1) is 7.25. The van der Waals surface area contributed by atoms with E-state index in [2.05, 4.69) is 27.9 Å². The number of carbonyl (C=O) groups excluding carboxylic acids is 1. The number of hydrogen-bond acceptors (Lipinski definition) is 2. The van der Waals surface area contributed by atoms with Gasteiger partial charge in [0.25, 0.3) is 5.91 Å². The van der Waals surface area contributed by atoms with Gasteiger partial charge in [-0.05, 0) is 41.1 Å². The predicted octanol–water partition coefficient (Wildman–Crippen LogP) is 2.32. The quantitative estimate of drug-likeness (QED) is 0.685. The number of carbonyl (C=O) groups is 1. The van der Waals surface area contributed by atoms with Crippen molar-refractivity contribution >= 4 is 28.5 Å². The zero-order valence-electron chi connectivity index (χ0n) is 8.16. The van der Waals surface area contributed by atoms with E-state index in [0.717, 1.165) is 3.57 Å². The molecule has 0 radical (unpaired) electrons. The molecule has 0 saturated carbocycles. The van der Waals surface area contributed by atoms with Crippen molar-refractivity contribution in [3.05, 3.63) is 33.4 Å². The average Bonchev–Trinajstić information content (AvgIpc) is 2.25. The van der Waals surface area contributed by atoms with E-state index in [1.165, 1.54) is 0 Å². The van der Waals surface area contributed by atoms with Crippen LogP contribution in [0, 0.1) is 14.9 Å². The van der Waals surface area contributed by atoms with Crippen molar-refractivity contribution in [2.24, 2.45) is 0 Å².